The number of rotatable bonds is 2. The third-order valence-corrected chi connectivity index (χ3v) is 2.74. The normalized spacial score (nSPS) is 10.3. The lowest BCUT2D eigenvalue weighted by atomic mass is 9.95. The monoisotopic (exact) mass is 246 g/mol. The van der Waals surface area contributed by atoms with E-state index in [1.165, 1.54) is 12.1 Å². The summed E-state index contributed by atoms with van der Waals surface area (Å²) in [6.07, 6.45) is 0. The Bertz CT molecular complexity index is 620. The molecule has 0 heterocycles. The van der Waals surface area contributed by atoms with Crippen molar-refractivity contribution >= 4 is 5.97 Å². The van der Waals surface area contributed by atoms with E-state index in [0.717, 1.165) is 6.07 Å². The maximum Gasteiger partial charge on any atom is 0.336 e. The molecule has 0 spiro atoms. The van der Waals surface area contributed by atoms with E-state index < -0.39 is 11.8 Å². The van der Waals surface area contributed by atoms with Gasteiger partial charge in [-0.05, 0) is 24.6 Å². The van der Waals surface area contributed by atoms with E-state index in [2.05, 4.69) is 0 Å². The fourth-order valence-corrected chi connectivity index (χ4v) is 1.91. The van der Waals surface area contributed by atoms with Crippen molar-refractivity contribution < 1.29 is 19.4 Å². The molecule has 0 aliphatic heterocycles. The van der Waals surface area contributed by atoms with Crippen LogP contribution < -0.4 is 0 Å². The minimum atomic E-state index is -1.08. The zero-order valence-corrected chi connectivity index (χ0v) is 9.64. The first-order valence-corrected chi connectivity index (χ1v) is 5.32. The van der Waals surface area contributed by atoms with E-state index in [-0.39, 0.29) is 11.3 Å². The van der Waals surface area contributed by atoms with Gasteiger partial charge in [0.15, 0.2) is 0 Å². The van der Waals surface area contributed by atoms with Crippen LogP contribution in [0.4, 0.5) is 4.39 Å². The van der Waals surface area contributed by atoms with Gasteiger partial charge < -0.3 is 10.2 Å². The van der Waals surface area contributed by atoms with Crippen LogP contribution in [0.25, 0.3) is 11.1 Å². The Hall–Kier alpha value is -2.36. The lowest BCUT2D eigenvalue weighted by molar-refractivity contribution is 0.0697. The summed E-state index contributed by atoms with van der Waals surface area (Å²) in [5, 5.41) is 18.9. The summed E-state index contributed by atoms with van der Waals surface area (Å²) in [5.74, 6) is -1.92. The summed E-state index contributed by atoms with van der Waals surface area (Å²) in [6, 6.07) is 8.47. The van der Waals surface area contributed by atoms with Gasteiger partial charge >= 0.3 is 5.97 Å². The standard InChI is InChI=1S/C14H11FO3/c1-8-3-2-4-11(13(8)14(17)18)10-6-5-9(15)7-12(10)16/h2-7,16H,1H3,(H,17,18). The van der Waals surface area contributed by atoms with Gasteiger partial charge in [-0.25, -0.2) is 9.18 Å². The summed E-state index contributed by atoms with van der Waals surface area (Å²) < 4.78 is 12.9. The fraction of sp³-hybridized carbons (Fsp3) is 0.0714. The van der Waals surface area contributed by atoms with Gasteiger partial charge in [0, 0.05) is 17.2 Å². The average Bonchev–Trinajstić information content (AvgIpc) is 2.28. The van der Waals surface area contributed by atoms with E-state index in [1.807, 2.05) is 0 Å². The van der Waals surface area contributed by atoms with Gasteiger partial charge in [0.25, 0.3) is 0 Å². The van der Waals surface area contributed by atoms with Gasteiger partial charge in [-0.3, -0.25) is 0 Å². The second-order valence-electron chi connectivity index (χ2n) is 3.96. The fourth-order valence-electron chi connectivity index (χ4n) is 1.91. The van der Waals surface area contributed by atoms with Gasteiger partial charge in [0.2, 0.25) is 0 Å². The van der Waals surface area contributed by atoms with Crippen molar-refractivity contribution in [3.63, 3.8) is 0 Å². The molecule has 0 unspecified atom stereocenters. The van der Waals surface area contributed by atoms with Crippen LogP contribution in [0.5, 0.6) is 5.75 Å². The number of phenolic OH excluding ortho intramolecular Hbond substituents is 1. The number of aromatic carboxylic acids is 1. The highest BCUT2D eigenvalue weighted by Gasteiger charge is 2.16. The van der Waals surface area contributed by atoms with Crippen LogP contribution in [-0.2, 0) is 0 Å². The van der Waals surface area contributed by atoms with E-state index in [0.29, 0.717) is 16.7 Å². The molecule has 2 aromatic rings. The van der Waals surface area contributed by atoms with Crippen molar-refractivity contribution in [2.24, 2.45) is 0 Å². The summed E-state index contributed by atoms with van der Waals surface area (Å²) in [5.41, 5.74) is 1.38. The molecular formula is C14H11FO3. The third-order valence-electron chi connectivity index (χ3n) is 2.74. The molecule has 0 amide bonds. The SMILES string of the molecule is Cc1cccc(-c2ccc(F)cc2O)c1C(=O)O. The van der Waals surface area contributed by atoms with Crippen LogP contribution in [0.1, 0.15) is 15.9 Å². The number of benzene rings is 2. The molecule has 4 heteroatoms. The largest absolute Gasteiger partial charge is 0.507 e. The summed E-state index contributed by atoms with van der Waals surface area (Å²) in [7, 11) is 0. The van der Waals surface area contributed by atoms with Crippen LogP contribution in [0, 0.1) is 12.7 Å². The smallest absolute Gasteiger partial charge is 0.336 e. The lowest BCUT2D eigenvalue weighted by Crippen LogP contribution is -2.02. The summed E-state index contributed by atoms with van der Waals surface area (Å²) in [6.45, 7) is 1.67. The minimum absolute atomic E-state index is 0.111. The molecule has 0 saturated heterocycles. The van der Waals surface area contributed by atoms with E-state index in [9.17, 15) is 19.4 Å². The number of halogens is 1. The molecule has 0 aliphatic carbocycles. The predicted molar refractivity (Wildman–Crippen MR) is 65.2 cm³/mol. The maximum absolute atomic E-state index is 12.9. The van der Waals surface area contributed by atoms with Crippen LogP contribution in [0.15, 0.2) is 36.4 Å². The van der Waals surface area contributed by atoms with Crippen molar-refractivity contribution in [1.82, 2.24) is 0 Å². The first-order chi connectivity index (χ1) is 8.50. The molecule has 2 aromatic carbocycles. The number of aryl methyl sites for hydroxylation is 1. The number of hydrogen-bond acceptors (Lipinski definition) is 2. The molecule has 0 bridgehead atoms. The van der Waals surface area contributed by atoms with Crippen LogP contribution in [0.3, 0.4) is 0 Å². The van der Waals surface area contributed by atoms with E-state index >= 15 is 0 Å². The van der Waals surface area contributed by atoms with Gasteiger partial charge in [-0.1, -0.05) is 18.2 Å². The van der Waals surface area contributed by atoms with E-state index in [4.69, 9.17) is 0 Å². The Kier molecular flexibility index (Phi) is 3.02. The molecule has 18 heavy (non-hydrogen) atoms. The van der Waals surface area contributed by atoms with Gasteiger partial charge in [0.1, 0.15) is 11.6 Å². The van der Waals surface area contributed by atoms with Gasteiger partial charge in [-0.2, -0.15) is 0 Å². The maximum atomic E-state index is 12.9. The first kappa shape index (κ1) is 12.1. The zero-order valence-electron chi connectivity index (χ0n) is 9.64. The summed E-state index contributed by atoms with van der Waals surface area (Å²) >= 11 is 0. The number of carboxylic acids is 1. The highest BCUT2D eigenvalue weighted by molar-refractivity contribution is 5.98. The predicted octanol–water partition coefficient (Wildman–Crippen LogP) is 3.20. The minimum Gasteiger partial charge on any atom is -0.507 e. The van der Waals surface area contributed by atoms with E-state index in [1.54, 1.807) is 25.1 Å². The molecule has 3 nitrogen and oxygen atoms in total. The lowest BCUT2D eigenvalue weighted by Gasteiger charge is -2.10. The Morgan fingerprint density at radius 3 is 2.50 bits per heavy atom. The molecule has 0 radical (unpaired) electrons. The van der Waals surface area contributed by atoms with Crippen LogP contribution >= 0.6 is 0 Å². The molecule has 0 fully saturated rings. The zero-order chi connectivity index (χ0) is 13.3. The molecular weight excluding hydrogens is 235 g/mol. The van der Waals surface area contributed by atoms with Crippen LogP contribution in [-0.4, -0.2) is 16.2 Å². The number of carboxylic acid groups (broad SMARTS) is 1. The van der Waals surface area contributed by atoms with Crippen LogP contribution in [0.2, 0.25) is 0 Å². The average molecular weight is 246 g/mol. The molecule has 92 valence electrons. The first-order valence-electron chi connectivity index (χ1n) is 5.32. The van der Waals surface area contributed by atoms with Crippen molar-refractivity contribution in [3.05, 3.63) is 53.3 Å². The van der Waals surface area contributed by atoms with Crippen molar-refractivity contribution in [2.45, 2.75) is 6.92 Å². The molecule has 2 rings (SSSR count). The van der Waals surface area contributed by atoms with Gasteiger partial charge in [0.05, 0.1) is 5.56 Å². The molecule has 0 atom stereocenters. The third kappa shape index (κ3) is 2.05. The quantitative estimate of drug-likeness (QED) is 0.855. The Balaban J connectivity index is 2.71. The molecule has 2 N–H and O–H groups in total. The Morgan fingerprint density at radius 2 is 1.89 bits per heavy atom. The molecule has 0 saturated carbocycles. The molecule has 0 aliphatic rings. The second-order valence-corrected chi connectivity index (χ2v) is 3.96. The number of hydrogen-bond donors (Lipinski definition) is 2. The summed E-state index contributed by atoms with van der Waals surface area (Å²) in [4.78, 5) is 11.2. The number of aromatic hydroxyl groups is 1. The number of carbonyl (C=O) groups is 1. The second kappa shape index (κ2) is 4.49. The Labute approximate surface area is 103 Å². The number of phenols is 1. The van der Waals surface area contributed by atoms with Crippen molar-refractivity contribution in [3.8, 4) is 16.9 Å². The molecule has 0 aromatic heterocycles. The Morgan fingerprint density at radius 1 is 1.17 bits per heavy atom. The van der Waals surface area contributed by atoms with Gasteiger partial charge in [-0.15, -0.1) is 0 Å². The van der Waals surface area contributed by atoms with Crippen molar-refractivity contribution in [1.29, 1.82) is 0 Å². The highest BCUT2D eigenvalue weighted by Crippen LogP contribution is 2.33. The topological polar surface area (TPSA) is 57.5 Å². The van der Waals surface area contributed by atoms with Crippen molar-refractivity contribution in [2.75, 3.05) is 0 Å². The highest BCUT2D eigenvalue weighted by atomic mass is 19.1.